The molecule has 0 bridgehead atoms. The minimum Gasteiger partial charge on any atom is -0.369 e. The Bertz CT molecular complexity index is 575. The van der Waals surface area contributed by atoms with Gasteiger partial charge in [-0.25, -0.2) is 4.39 Å². The molecule has 0 saturated carbocycles. The number of primary amides is 1. The molecule has 2 rings (SSSR count). The van der Waals surface area contributed by atoms with Crippen LogP contribution in [0.2, 0.25) is 0 Å². The summed E-state index contributed by atoms with van der Waals surface area (Å²) in [5.41, 5.74) is 6.36. The van der Waals surface area contributed by atoms with E-state index >= 15 is 0 Å². The monoisotopic (exact) mass is 318 g/mol. The predicted molar refractivity (Wildman–Crippen MR) is 89.4 cm³/mol. The number of carbonyl (C=O) groups excluding carboxylic acids is 1. The number of hydrogen-bond acceptors (Lipinski definition) is 2. The van der Waals surface area contributed by atoms with E-state index in [4.69, 9.17) is 5.73 Å². The molecule has 1 unspecified atom stereocenters. The Hall–Kier alpha value is -2.37. The molecule has 0 saturated heterocycles. The SMILES string of the molecule is CN=C(NCC(Cc1ccc(F)cc1)C(N)=O)NC1CC=CC1. The minimum atomic E-state index is -0.389. The van der Waals surface area contributed by atoms with Gasteiger partial charge in [0, 0.05) is 19.6 Å². The van der Waals surface area contributed by atoms with Crippen molar-refractivity contribution in [3.8, 4) is 0 Å². The number of guanidine groups is 1. The number of hydrogen-bond donors (Lipinski definition) is 3. The van der Waals surface area contributed by atoms with Crippen molar-refractivity contribution in [1.29, 1.82) is 0 Å². The van der Waals surface area contributed by atoms with Gasteiger partial charge in [0.15, 0.2) is 5.96 Å². The van der Waals surface area contributed by atoms with Gasteiger partial charge in [-0.3, -0.25) is 9.79 Å². The van der Waals surface area contributed by atoms with Crippen LogP contribution >= 0.6 is 0 Å². The molecule has 1 amide bonds. The van der Waals surface area contributed by atoms with Crippen LogP contribution in [0.4, 0.5) is 4.39 Å². The summed E-state index contributed by atoms with van der Waals surface area (Å²) in [5.74, 6) is -0.415. The highest BCUT2D eigenvalue weighted by molar-refractivity contribution is 5.82. The van der Waals surface area contributed by atoms with E-state index in [1.165, 1.54) is 12.1 Å². The molecule has 0 heterocycles. The van der Waals surface area contributed by atoms with Gasteiger partial charge in [0.25, 0.3) is 0 Å². The number of carbonyl (C=O) groups is 1. The van der Waals surface area contributed by atoms with Crippen molar-refractivity contribution in [2.45, 2.75) is 25.3 Å². The van der Waals surface area contributed by atoms with Gasteiger partial charge in [0.1, 0.15) is 5.82 Å². The third kappa shape index (κ3) is 5.39. The Morgan fingerprint density at radius 2 is 2.00 bits per heavy atom. The maximum absolute atomic E-state index is 12.9. The number of halogens is 1. The van der Waals surface area contributed by atoms with E-state index in [9.17, 15) is 9.18 Å². The molecule has 23 heavy (non-hydrogen) atoms. The average molecular weight is 318 g/mol. The lowest BCUT2D eigenvalue weighted by Gasteiger charge is -2.20. The van der Waals surface area contributed by atoms with Crippen LogP contribution in [-0.2, 0) is 11.2 Å². The van der Waals surface area contributed by atoms with E-state index in [0.717, 1.165) is 18.4 Å². The molecule has 0 aliphatic heterocycles. The van der Waals surface area contributed by atoms with Crippen molar-refractivity contribution in [3.63, 3.8) is 0 Å². The number of amides is 1. The van der Waals surface area contributed by atoms with Gasteiger partial charge in [-0.1, -0.05) is 24.3 Å². The van der Waals surface area contributed by atoms with Crippen LogP contribution in [0.1, 0.15) is 18.4 Å². The first-order valence-corrected chi connectivity index (χ1v) is 7.74. The summed E-state index contributed by atoms with van der Waals surface area (Å²) in [6.07, 6.45) is 6.66. The molecule has 0 aromatic heterocycles. The molecule has 0 fully saturated rings. The number of nitrogens with one attached hydrogen (secondary N) is 2. The first-order valence-electron chi connectivity index (χ1n) is 7.74. The van der Waals surface area contributed by atoms with Gasteiger partial charge in [-0.05, 0) is 37.0 Å². The topological polar surface area (TPSA) is 79.5 Å². The lowest BCUT2D eigenvalue weighted by Crippen LogP contribution is -2.46. The molecule has 0 radical (unpaired) electrons. The number of rotatable bonds is 6. The van der Waals surface area contributed by atoms with E-state index in [2.05, 4.69) is 27.8 Å². The highest BCUT2D eigenvalue weighted by atomic mass is 19.1. The van der Waals surface area contributed by atoms with Crippen LogP contribution in [0.3, 0.4) is 0 Å². The Morgan fingerprint density at radius 1 is 1.35 bits per heavy atom. The fourth-order valence-corrected chi connectivity index (χ4v) is 2.52. The van der Waals surface area contributed by atoms with Gasteiger partial charge in [0.2, 0.25) is 5.91 Å². The molecule has 1 aliphatic rings. The molecule has 6 heteroatoms. The average Bonchev–Trinajstić information content (AvgIpc) is 3.04. The second-order valence-electron chi connectivity index (χ2n) is 5.67. The molecule has 5 nitrogen and oxygen atoms in total. The zero-order valence-corrected chi connectivity index (χ0v) is 13.3. The molecule has 1 aromatic rings. The van der Waals surface area contributed by atoms with Gasteiger partial charge in [-0.2, -0.15) is 0 Å². The summed E-state index contributed by atoms with van der Waals surface area (Å²) in [6.45, 7) is 0.381. The maximum atomic E-state index is 12.9. The van der Waals surface area contributed by atoms with Crippen LogP contribution in [0, 0.1) is 11.7 Å². The van der Waals surface area contributed by atoms with Crippen molar-refractivity contribution in [3.05, 3.63) is 47.8 Å². The van der Waals surface area contributed by atoms with E-state index in [1.807, 2.05) is 0 Å². The van der Waals surface area contributed by atoms with Gasteiger partial charge in [-0.15, -0.1) is 0 Å². The summed E-state index contributed by atoms with van der Waals surface area (Å²) >= 11 is 0. The van der Waals surface area contributed by atoms with Crippen molar-refractivity contribution in [1.82, 2.24) is 10.6 Å². The molecule has 1 atom stereocenters. The summed E-state index contributed by atoms with van der Waals surface area (Å²) in [5, 5.41) is 6.45. The lowest BCUT2D eigenvalue weighted by atomic mass is 9.98. The number of benzene rings is 1. The summed E-state index contributed by atoms with van der Waals surface area (Å²) in [4.78, 5) is 15.8. The first-order chi connectivity index (χ1) is 11.1. The molecule has 4 N–H and O–H groups in total. The summed E-state index contributed by atoms with van der Waals surface area (Å²) < 4.78 is 12.9. The van der Waals surface area contributed by atoms with E-state index in [0.29, 0.717) is 25.0 Å². The third-order valence-electron chi connectivity index (χ3n) is 3.89. The maximum Gasteiger partial charge on any atom is 0.222 e. The van der Waals surface area contributed by atoms with Gasteiger partial charge >= 0.3 is 0 Å². The standard InChI is InChI=1S/C17H23FN4O/c1-20-17(22-15-4-2-3-5-15)21-11-13(16(19)23)10-12-6-8-14(18)9-7-12/h2-3,6-9,13,15H,4-5,10-11H2,1H3,(H2,19,23)(H2,20,21,22). The Labute approximate surface area is 135 Å². The molecule has 1 aliphatic carbocycles. The van der Waals surface area contributed by atoms with Gasteiger partial charge in [0.05, 0.1) is 5.92 Å². The predicted octanol–water partition coefficient (Wildman–Crippen LogP) is 1.35. The molecule has 1 aromatic carbocycles. The fourth-order valence-electron chi connectivity index (χ4n) is 2.52. The fraction of sp³-hybridized carbons (Fsp3) is 0.412. The zero-order chi connectivity index (χ0) is 16.7. The zero-order valence-electron chi connectivity index (χ0n) is 13.3. The van der Waals surface area contributed by atoms with Crippen LogP contribution in [0.25, 0.3) is 0 Å². The lowest BCUT2D eigenvalue weighted by molar-refractivity contribution is -0.121. The quantitative estimate of drug-likeness (QED) is 0.421. The smallest absolute Gasteiger partial charge is 0.222 e. The van der Waals surface area contributed by atoms with Crippen molar-refractivity contribution in [2.24, 2.45) is 16.6 Å². The Balaban J connectivity index is 1.88. The molecular formula is C17H23FN4O. The number of nitrogens with two attached hydrogens (primary N) is 1. The van der Waals surface area contributed by atoms with E-state index < -0.39 is 0 Å². The minimum absolute atomic E-state index is 0.294. The van der Waals surface area contributed by atoms with Crippen LogP contribution in [0.5, 0.6) is 0 Å². The number of aliphatic imine (C=N–C) groups is 1. The van der Waals surface area contributed by atoms with E-state index in [1.54, 1.807) is 19.2 Å². The van der Waals surface area contributed by atoms with Gasteiger partial charge < -0.3 is 16.4 Å². The highest BCUT2D eigenvalue weighted by Gasteiger charge is 2.18. The first kappa shape index (κ1) is 17.0. The van der Waals surface area contributed by atoms with Crippen molar-refractivity contribution < 1.29 is 9.18 Å². The highest BCUT2D eigenvalue weighted by Crippen LogP contribution is 2.10. The molecule has 0 spiro atoms. The van der Waals surface area contributed by atoms with E-state index in [-0.39, 0.29) is 17.6 Å². The normalized spacial score (nSPS) is 16.3. The second kappa shape index (κ2) is 8.31. The summed E-state index contributed by atoms with van der Waals surface area (Å²) in [6, 6.07) is 6.44. The Morgan fingerprint density at radius 3 is 2.57 bits per heavy atom. The Kier molecular flexibility index (Phi) is 6.14. The van der Waals surface area contributed by atoms with Crippen LogP contribution in [-0.4, -0.2) is 31.5 Å². The van der Waals surface area contributed by atoms with Crippen LogP contribution in [0.15, 0.2) is 41.4 Å². The largest absolute Gasteiger partial charge is 0.369 e. The second-order valence-corrected chi connectivity index (χ2v) is 5.67. The van der Waals surface area contributed by atoms with Crippen molar-refractivity contribution >= 4 is 11.9 Å². The molecule has 124 valence electrons. The van der Waals surface area contributed by atoms with Crippen LogP contribution < -0.4 is 16.4 Å². The molecular weight excluding hydrogens is 295 g/mol. The number of nitrogens with zero attached hydrogens (tertiary/aromatic N) is 1. The third-order valence-corrected chi connectivity index (χ3v) is 3.89. The van der Waals surface area contributed by atoms with Crippen molar-refractivity contribution in [2.75, 3.05) is 13.6 Å². The summed E-state index contributed by atoms with van der Waals surface area (Å²) in [7, 11) is 1.69.